The standard InChI is InChI=1S/C27H41N3O5/c1-17-10-9-11-18(2)22(17)23(24(32)28-19-12-7-6-8-13-19)30(20-14-15-20)25(33)21(16-31)29-26(34)35-27(3,4)5/h9-11,19-21,23,31H,6-8,12-16H2,1-5H3,(H,28,32)(H,29,34). The van der Waals surface area contributed by atoms with Crippen molar-refractivity contribution >= 4 is 17.9 Å². The molecule has 0 heterocycles. The van der Waals surface area contributed by atoms with Crippen LogP contribution in [0.2, 0.25) is 0 Å². The first-order valence-electron chi connectivity index (χ1n) is 12.8. The number of nitrogens with zero attached hydrogens (tertiary/aromatic N) is 1. The summed E-state index contributed by atoms with van der Waals surface area (Å²) in [6, 6.07) is 3.75. The lowest BCUT2D eigenvalue weighted by Gasteiger charge is -2.36. The summed E-state index contributed by atoms with van der Waals surface area (Å²) in [4.78, 5) is 41.6. The molecule has 194 valence electrons. The van der Waals surface area contributed by atoms with Gasteiger partial charge in [0.05, 0.1) is 6.61 Å². The molecule has 2 aliphatic carbocycles. The Morgan fingerprint density at radius 2 is 1.66 bits per heavy atom. The number of carbonyl (C=O) groups excluding carboxylic acids is 3. The minimum absolute atomic E-state index is 0.0905. The molecule has 0 aromatic heterocycles. The Balaban J connectivity index is 1.94. The van der Waals surface area contributed by atoms with Crippen molar-refractivity contribution in [3.63, 3.8) is 0 Å². The number of benzene rings is 1. The molecule has 2 atom stereocenters. The first-order valence-corrected chi connectivity index (χ1v) is 12.8. The first kappa shape index (κ1) is 27.0. The molecule has 3 amide bonds. The van der Waals surface area contributed by atoms with Crippen LogP contribution < -0.4 is 10.6 Å². The largest absolute Gasteiger partial charge is 0.444 e. The van der Waals surface area contributed by atoms with Gasteiger partial charge in [-0.15, -0.1) is 0 Å². The number of hydrogen-bond donors (Lipinski definition) is 3. The fourth-order valence-corrected chi connectivity index (χ4v) is 4.87. The van der Waals surface area contributed by atoms with Crippen LogP contribution in [0.25, 0.3) is 0 Å². The second-order valence-corrected chi connectivity index (χ2v) is 10.9. The van der Waals surface area contributed by atoms with Gasteiger partial charge in [0.2, 0.25) is 11.8 Å². The van der Waals surface area contributed by atoms with Gasteiger partial charge in [0, 0.05) is 12.1 Å². The quantitative estimate of drug-likeness (QED) is 0.519. The van der Waals surface area contributed by atoms with E-state index in [4.69, 9.17) is 4.74 Å². The molecule has 2 saturated carbocycles. The Bertz CT molecular complexity index is 896. The fourth-order valence-electron chi connectivity index (χ4n) is 4.87. The molecule has 2 aliphatic rings. The highest BCUT2D eigenvalue weighted by Gasteiger charge is 2.45. The van der Waals surface area contributed by atoms with E-state index in [1.165, 1.54) is 6.42 Å². The summed E-state index contributed by atoms with van der Waals surface area (Å²) in [6.45, 7) is 8.48. The first-order chi connectivity index (χ1) is 16.5. The lowest BCUT2D eigenvalue weighted by atomic mass is 9.91. The minimum Gasteiger partial charge on any atom is -0.444 e. The number of rotatable bonds is 8. The maximum Gasteiger partial charge on any atom is 0.408 e. The third kappa shape index (κ3) is 7.19. The zero-order valence-electron chi connectivity index (χ0n) is 21.7. The van der Waals surface area contributed by atoms with Crippen molar-refractivity contribution in [1.82, 2.24) is 15.5 Å². The van der Waals surface area contributed by atoms with Crippen LogP contribution in [0.3, 0.4) is 0 Å². The van der Waals surface area contributed by atoms with E-state index in [2.05, 4.69) is 10.6 Å². The zero-order chi connectivity index (χ0) is 25.8. The van der Waals surface area contributed by atoms with E-state index in [1.807, 2.05) is 32.0 Å². The van der Waals surface area contributed by atoms with Gasteiger partial charge in [-0.2, -0.15) is 0 Å². The van der Waals surface area contributed by atoms with E-state index in [0.717, 1.165) is 55.2 Å². The second-order valence-electron chi connectivity index (χ2n) is 10.9. The highest BCUT2D eigenvalue weighted by atomic mass is 16.6. The molecule has 8 nitrogen and oxygen atoms in total. The van der Waals surface area contributed by atoms with E-state index in [0.29, 0.717) is 0 Å². The maximum atomic E-state index is 13.8. The fraction of sp³-hybridized carbons (Fsp3) is 0.667. The summed E-state index contributed by atoms with van der Waals surface area (Å²) in [6.07, 6.45) is 5.96. The van der Waals surface area contributed by atoms with Crippen LogP contribution in [0, 0.1) is 13.8 Å². The summed E-state index contributed by atoms with van der Waals surface area (Å²) >= 11 is 0. The molecule has 2 fully saturated rings. The SMILES string of the molecule is Cc1cccc(C)c1C(C(=O)NC1CCCCC1)N(C(=O)C(CO)NC(=O)OC(C)(C)C)C1CC1. The molecular formula is C27H41N3O5. The number of ether oxygens (including phenoxy) is 1. The van der Waals surface area contributed by atoms with Crippen molar-refractivity contribution in [2.45, 2.75) is 109 Å². The summed E-state index contributed by atoms with van der Waals surface area (Å²) in [5, 5.41) is 15.8. The van der Waals surface area contributed by atoms with Gasteiger partial charge >= 0.3 is 6.09 Å². The van der Waals surface area contributed by atoms with Crippen molar-refractivity contribution in [3.8, 4) is 0 Å². The molecule has 8 heteroatoms. The van der Waals surface area contributed by atoms with E-state index in [1.54, 1.807) is 25.7 Å². The van der Waals surface area contributed by atoms with Gasteiger partial charge in [-0.25, -0.2) is 4.79 Å². The molecule has 0 bridgehead atoms. The van der Waals surface area contributed by atoms with Crippen molar-refractivity contribution in [2.75, 3.05) is 6.61 Å². The second kappa shape index (κ2) is 11.4. The predicted octanol–water partition coefficient (Wildman–Crippen LogP) is 3.67. The number of alkyl carbamates (subject to hydrolysis) is 1. The van der Waals surface area contributed by atoms with E-state index in [9.17, 15) is 19.5 Å². The maximum absolute atomic E-state index is 13.8. The minimum atomic E-state index is -1.21. The number of hydrogen-bond acceptors (Lipinski definition) is 5. The number of amides is 3. The molecule has 3 N–H and O–H groups in total. The highest BCUT2D eigenvalue weighted by molar-refractivity contribution is 5.93. The number of aliphatic hydroxyl groups excluding tert-OH is 1. The average molecular weight is 488 g/mol. The Hall–Kier alpha value is -2.61. The molecule has 1 aromatic carbocycles. The van der Waals surface area contributed by atoms with Crippen LogP contribution in [0.1, 0.15) is 88.4 Å². The predicted molar refractivity (Wildman–Crippen MR) is 134 cm³/mol. The third-order valence-electron chi connectivity index (χ3n) is 6.66. The number of aliphatic hydroxyl groups is 1. The molecule has 0 radical (unpaired) electrons. The third-order valence-corrected chi connectivity index (χ3v) is 6.66. The van der Waals surface area contributed by atoms with Crippen molar-refractivity contribution < 1.29 is 24.2 Å². The lowest BCUT2D eigenvalue weighted by molar-refractivity contribution is -0.144. The van der Waals surface area contributed by atoms with Crippen molar-refractivity contribution in [1.29, 1.82) is 0 Å². The average Bonchev–Trinajstić information content (AvgIpc) is 3.61. The molecule has 0 aliphatic heterocycles. The van der Waals surface area contributed by atoms with Crippen LogP contribution in [-0.4, -0.2) is 58.2 Å². The van der Waals surface area contributed by atoms with Gasteiger partial charge < -0.3 is 25.4 Å². The molecule has 3 rings (SSSR count). The summed E-state index contributed by atoms with van der Waals surface area (Å²) in [7, 11) is 0. The van der Waals surface area contributed by atoms with Gasteiger partial charge in [-0.3, -0.25) is 9.59 Å². The summed E-state index contributed by atoms with van der Waals surface area (Å²) in [5.74, 6) is -0.684. The van der Waals surface area contributed by atoms with Gasteiger partial charge in [-0.05, 0) is 77.0 Å². The molecular weight excluding hydrogens is 446 g/mol. The summed E-state index contributed by atoms with van der Waals surface area (Å²) < 4.78 is 5.30. The topological polar surface area (TPSA) is 108 Å². The Labute approximate surface area is 208 Å². The molecule has 35 heavy (non-hydrogen) atoms. The van der Waals surface area contributed by atoms with Crippen LogP contribution in [0.15, 0.2) is 18.2 Å². The normalized spacial score (nSPS) is 18.3. The Morgan fingerprint density at radius 1 is 1.06 bits per heavy atom. The van der Waals surface area contributed by atoms with Crippen LogP contribution >= 0.6 is 0 Å². The van der Waals surface area contributed by atoms with Crippen molar-refractivity contribution in [3.05, 3.63) is 34.9 Å². The van der Waals surface area contributed by atoms with Gasteiger partial charge in [0.1, 0.15) is 17.7 Å². The Morgan fingerprint density at radius 3 is 2.17 bits per heavy atom. The monoisotopic (exact) mass is 487 g/mol. The lowest BCUT2D eigenvalue weighted by Crippen LogP contribution is -2.56. The van der Waals surface area contributed by atoms with Gasteiger partial charge in [-0.1, -0.05) is 37.5 Å². The number of aryl methyl sites for hydroxylation is 2. The molecule has 1 aromatic rings. The van der Waals surface area contributed by atoms with Crippen LogP contribution in [0.4, 0.5) is 4.79 Å². The molecule has 2 unspecified atom stereocenters. The smallest absolute Gasteiger partial charge is 0.408 e. The van der Waals surface area contributed by atoms with Gasteiger partial charge in [0.15, 0.2) is 0 Å². The Kier molecular flexibility index (Phi) is 8.80. The highest BCUT2D eigenvalue weighted by Crippen LogP contribution is 2.38. The van der Waals surface area contributed by atoms with E-state index < -0.39 is 36.3 Å². The van der Waals surface area contributed by atoms with Crippen LogP contribution in [-0.2, 0) is 14.3 Å². The number of nitrogens with one attached hydrogen (secondary N) is 2. The zero-order valence-corrected chi connectivity index (χ0v) is 21.7. The van der Waals surface area contributed by atoms with Gasteiger partial charge in [0.25, 0.3) is 0 Å². The molecule has 0 saturated heterocycles. The van der Waals surface area contributed by atoms with E-state index in [-0.39, 0.29) is 18.0 Å². The number of carbonyl (C=O) groups is 3. The van der Waals surface area contributed by atoms with Crippen molar-refractivity contribution in [2.24, 2.45) is 0 Å². The summed E-state index contributed by atoms with van der Waals surface area (Å²) in [5.41, 5.74) is 1.90. The van der Waals surface area contributed by atoms with E-state index >= 15 is 0 Å². The molecule has 0 spiro atoms. The van der Waals surface area contributed by atoms with Crippen LogP contribution in [0.5, 0.6) is 0 Å².